The SMILES string of the molecule is Cl.Cl.O=C(CCN1CCN(c2ccccc2)CC1)NC1CCNCC1. The Morgan fingerprint density at radius 2 is 1.68 bits per heavy atom. The van der Waals surface area contributed by atoms with Crippen LogP contribution in [0, 0.1) is 0 Å². The zero-order valence-electron chi connectivity index (χ0n) is 14.7. The molecule has 25 heavy (non-hydrogen) atoms. The second-order valence-electron chi connectivity index (χ2n) is 6.51. The highest BCUT2D eigenvalue weighted by Gasteiger charge is 2.19. The summed E-state index contributed by atoms with van der Waals surface area (Å²) < 4.78 is 0. The van der Waals surface area contributed by atoms with Gasteiger partial charge in [-0.25, -0.2) is 0 Å². The Balaban J connectivity index is 0.00000156. The van der Waals surface area contributed by atoms with Crippen LogP contribution >= 0.6 is 24.8 Å². The van der Waals surface area contributed by atoms with E-state index in [0.29, 0.717) is 12.5 Å². The van der Waals surface area contributed by atoms with Crippen molar-refractivity contribution in [2.45, 2.75) is 25.3 Å². The zero-order chi connectivity index (χ0) is 15.9. The number of benzene rings is 1. The average molecular weight is 389 g/mol. The molecule has 0 aromatic heterocycles. The Bertz CT molecular complexity index is 489. The quantitative estimate of drug-likeness (QED) is 0.808. The van der Waals surface area contributed by atoms with E-state index in [1.54, 1.807) is 0 Å². The van der Waals surface area contributed by atoms with Crippen molar-refractivity contribution >= 4 is 36.4 Å². The number of amides is 1. The Morgan fingerprint density at radius 3 is 2.32 bits per heavy atom. The van der Waals surface area contributed by atoms with E-state index in [-0.39, 0.29) is 30.7 Å². The van der Waals surface area contributed by atoms with E-state index in [2.05, 4.69) is 50.8 Å². The number of carbonyl (C=O) groups excluding carboxylic acids is 1. The van der Waals surface area contributed by atoms with Gasteiger partial charge in [0.25, 0.3) is 0 Å². The second kappa shape index (κ2) is 11.6. The van der Waals surface area contributed by atoms with Gasteiger partial charge in [-0.15, -0.1) is 24.8 Å². The highest BCUT2D eigenvalue weighted by atomic mass is 35.5. The van der Waals surface area contributed by atoms with Gasteiger partial charge in [0, 0.05) is 50.9 Å². The molecular formula is C18H30Cl2N4O. The molecule has 0 radical (unpaired) electrons. The highest BCUT2D eigenvalue weighted by molar-refractivity contribution is 5.85. The number of nitrogens with zero attached hydrogens (tertiary/aromatic N) is 2. The van der Waals surface area contributed by atoms with E-state index < -0.39 is 0 Å². The molecule has 0 unspecified atom stereocenters. The van der Waals surface area contributed by atoms with E-state index in [1.165, 1.54) is 5.69 Å². The average Bonchev–Trinajstić information content (AvgIpc) is 2.62. The summed E-state index contributed by atoms with van der Waals surface area (Å²) in [7, 11) is 0. The lowest BCUT2D eigenvalue weighted by atomic mass is 10.1. The van der Waals surface area contributed by atoms with Crippen molar-refractivity contribution in [1.29, 1.82) is 0 Å². The minimum atomic E-state index is 0. The molecule has 3 rings (SSSR count). The standard InChI is InChI=1S/C18H28N4O.2ClH/c23-18(20-16-6-9-19-10-7-16)8-11-21-12-14-22(15-13-21)17-4-2-1-3-5-17;;/h1-5,16,19H,6-15H2,(H,20,23);2*1H. The number of hydrogen-bond donors (Lipinski definition) is 2. The van der Waals surface area contributed by atoms with Crippen molar-refractivity contribution < 1.29 is 4.79 Å². The van der Waals surface area contributed by atoms with Gasteiger partial charge in [0.15, 0.2) is 0 Å². The van der Waals surface area contributed by atoms with E-state index in [0.717, 1.165) is 58.7 Å². The van der Waals surface area contributed by atoms with Crippen molar-refractivity contribution in [1.82, 2.24) is 15.5 Å². The minimum absolute atomic E-state index is 0. The van der Waals surface area contributed by atoms with E-state index in [1.807, 2.05) is 0 Å². The van der Waals surface area contributed by atoms with Gasteiger partial charge in [-0.1, -0.05) is 18.2 Å². The summed E-state index contributed by atoms with van der Waals surface area (Å²) in [5.74, 6) is 0.211. The molecule has 0 bridgehead atoms. The maximum absolute atomic E-state index is 12.1. The fourth-order valence-corrected chi connectivity index (χ4v) is 3.39. The fraction of sp³-hybridized carbons (Fsp3) is 0.611. The first-order valence-electron chi connectivity index (χ1n) is 8.84. The number of rotatable bonds is 5. The molecule has 2 heterocycles. The summed E-state index contributed by atoms with van der Waals surface area (Å²) in [6.07, 6.45) is 2.73. The predicted molar refractivity (Wildman–Crippen MR) is 108 cm³/mol. The third kappa shape index (κ3) is 7.02. The topological polar surface area (TPSA) is 47.6 Å². The van der Waals surface area contributed by atoms with Crippen molar-refractivity contribution in [3.8, 4) is 0 Å². The highest BCUT2D eigenvalue weighted by Crippen LogP contribution is 2.15. The molecule has 1 aromatic carbocycles. The first-order valence-corrected chi connectivity index (χ1v) is 8.84. The lowest BCUT2D eigenvalue weighted by Gasteiger charge is -2.36. The van der Waals surface area contributed by atoms with Crippen molar-refractivity contribution in [3.63, 3.8) is 0 Å². The molecular weight excluding hydrogens is 359 g/mol. The zero-order valence-corrected chi connectivity index (χ0v) is 16.3. The number of halogens is 2. The van der Waals surface area contributed by atoms with Gasteiger partial charge in [-0.2, -0.15) is 0 Å². The molecule has 7 heteroatoms. The first kappa shape index (κ1) is 22.0. The number of anilines is 1. The molecule has 0 aliphatic carbocycles. The summed E-state index contributed by atoms with van der Waals surface area (Å²) in [5, 5.41) is 6.50. The monoisotopic (exact) mass is 388 g/mol. The Hall–Kier alpha value is -1.01. The molecule has 2 aliphatic rings. The van der Waals surface area contributed by atoms with Gasteiger partial charge in [0.05, 0.1) is 0 Å². The van der Waals surface area contributed by atoms with Gasteiger partial charge >= 0.3 is 0 Å². The molecule has 2 fully saturated rings. The largest absolute Gasteiger partial charge is 0.369 e. The van der Waals surface area contributed by atoms with Crippen LogP contribution in [0.5, 0.6) is 0 Å². The molecule has 2 aliphatic heterocycles. The third-order valence-corrected chi connectivity index (χ3v) is 4.85. The fourth-order valence-electron chi connectivity index (χ4n) is 3.39. The van der Waals surface area contributed by atoms with E-state index >= 15 is 0 Å². The molecule has 1 aromatic rings. The van der Waals surface area contributed by atoms with Crippen LogP contribution in [0.15, 0.2) is 30.3 Å². The lowest BCUT2D eigenvalue weighted by molar-refractivity contribution is -0.122. The Morgan fingerprint density at radius 1 is 1.04 bits per heavy atom. The molecule has 2 N–H and O–H groups in total. The van der Waals surface area contributed by atoms with Crippen LogP contribution in [0.1, 0.15) is 19.3 Å². The molecule has 0 saturated carbocycles. The van der Waals surface area contributed by atoms with Crippen LogP contribution in [-0.4, -0.2) is 62.7 Å². The number of hydrogen-bond acceptors (Lipinski definition) is 4. The summed E-state index contributed by atoms with van der Waals surface area (Å²) in [4.78, 5) is 16.9. The molecule has 2 saturated heterocycles. The molecule has 0 spiro atoms. The van der Waals surface area contributed by atoms with E-state index in [4.69, 9.17) is 0 Å². The lowest BCUT2D eigenvalue weighted by Crippen LogP contribution is -2.48. The van der Waals surface area contributed by atoms with Crippen LogP contribution in [0.3, 0.4) is 0 Å². The first-order chi connectivity index (χ1) is 11.3. The molecule has 5 nitrogen and oxygen atoms in total. The van der Waals surface area contributed by atoms with Crippen LogP contribution in [0.4, 0.5) is 5.69 Å². The summed E-state index contributed by atoms with van der Waals surface area (Å²) >= 11 is 0. The van der Waals surface area contributed by atoms with Crippen LogP contribution < -0.4 is 15.5 Å². The Labute approximate surface area is 163 Å². The van der Waals surface area contributed by atoms with Crippen LogP contribution in [-0.2, 0) is 4.79 Å². The maximum atomic E-state index is 12.1. The molecule has 0 atom stereocenters. The van der Waals surface area contributed by atoms with Crippen LogP contribution in [0.25, 0.3) is 0 Å². The van der Waals surface area contributed by atoms with E-state index in [9.17, 15) is 4.79 Å². The predicted octanol–water partition coefficient (Wildman–Crippen LogP) is 1.91. The number of piperazine rings is 1. The second-order valence-corrected chi connectivity index (χ2v) is 6.51. The number of para-hydroxylation sites is 1. The number of carbonyl (C=O) groups is 1. The van der Waals surface area contributed by atoms with Crippen LogP contribution in [0.2, 0.25) is 0 Å². The smallest absolute Gasteiger partial charge is 0.221 e. The summed E-state index contributed by atoms with van der Waals surface area (Å²) in [6.45, 7) is 7.07. The van der Waals surface area contributed by atoms with Crippen molar-refractivity contribution in [2.24, 2.45) is 0 Å². The van der Waals surface area contributed by atoms with Gasteiger partial charge in [-0.3, -0.25) is 9.69 Å². The van der Waals surface area contributed by atoms with Gasteiger partial charge in [0.1, 0.15) is 0 Å². The summed E-state index contributed by atoms with van der Waals surface area (Å²) in [6, 6.07) is 10.9. The number of piperidine rings is 1. The third-order valence-electron chi connectivity index (χ3n) is 4.85. The summed E-state index contributed by atoms with van der Waals surface area (Å²) in [5.41, 5.74) is 1.30. The maximum Gasteiger partial charge on any atom is 0.221 e. The van der Waals surface area contributed by atoms with Crippen molar-refractivity contribution in [2.75, 3.05) is 50.7 Å². The van der Waals surface area contributed by atoms with Gasteiger partial charge in [-0.05, 0) is 38.1 Å². The number of nitrogens with one attached hydrogen (secondary N) is 2. The Kier molecular flexibility index (Phi) is 10.2. The van der Waals surface area contributed by atoms with Gasteiger partial charge in [0.2, 0.25) is 5.91 Å². The molecule has 142 valence electrons. The minimum Gasteiger partial charge on any atom is -0.369 e. The van der Waals surface area contributed by atoms with Gasteiger partial charge < -0.3 is 15.5 Å². The normalized spacial score (nSPS) is 18.8. The molecule has 1 amide bonds. The van der Waals surface area contributed by atoms with Crippen molar-refractivity contribution in [3.05, 3.63) is 30.3 Å².